The zero-order valence-electron chi connectivity index (χ0n) is 16.2. The van der Waals surface area contributed by atoms with Crippen molar-refractivity contribution in [2.45, 2.75) is 77.6 Å². The van der Waals surface area contributed by atoms with E-state index in [-0.39, 0.29) is 11.8 Å². The summed E-state index contributed by atoms with van der Waals surface area (Å²) >= 11 is 0. The fourth-order valence-corrected chi connectivity index (χ4v) is 2.92. The molecule has 24 heavy (non-hydrogen) atoms. The van der Waals surface area contributed by atoms with E-state index in [2.05, 4.69) is 12.2 Å². The predicted molar refractivity (Wildman–Crippen MR) is 101 cm³/mol. The summed E-state index contributed by atoms with van der Waals surface area (Å²) in [4.78, 5) is 22.7. The van der Waals surface area contributed by atoms with E-state index in [1.807, 2.05) is 14.1 Å². The standard InChI is InChI=1S/C19H39N3O2/c1-4-5-6-7-8-9-10-11-12-14-19(24)21-15-13-16-22(2,3)17-18(20)23/h4-17H2,1-3H3,(H2-,20,21,23,24)/p+1. The molecule has 3 N–H and O–H groups in total. The van der Waals surface area contributed by atoms with Gasteiger partial charge in [-0.1, -0.05) is 58.3 Å². The molecule has 0 aromatic heterocycles. The Kier molecular flexibility index (Phi) is 13.6. The minimum absolute atomic E-state index is 0.151. The highest BCUT2D eigenvalue weighted by Gasteiger charge is 2.17. The van der Waals surface area contributed by atoms with Crippen LogP contribution in [-0.2, 0) is 9.59 Å². The maximum Gasteiger partial charge on any atom is 0.272 e. The molecule has 0 atom stereocenters. The lowest BCUT2D eigenvalue weighted by molar-refractivity contribution is -0.882. The van der Waals surface area contributed by atoms with Crippen LogP contribution in [0.2, 0.25) is 0 Å². The van der Waals surface area contributed by atoms with Crippen molar-refractivity contribution in [1.82, 2.24) is 5.32 Å². The Bertz CT molecular complexity index is 344. The minimum atomic E-state index is -0.283. The first-order chi connectivity index (χ1) is 11.4. The number of hydrogen-bond acceptors (Lipinski definition) is 2. The molecular formula is C19H40N3O2+. The van der Waals surface area contributed by atoms with Gasteiger partial charge in [-0.05, 0) is 6.42 Å². The number of unbranched alkanes of at least 4 members (excludes halogenated alkanes) is 8. The van der Waals surface area contributed by atoms with E-state index in [9.17, 15) is 9.59 Å². The van der Waals surface area contributed by atoms with Crippen molar-refractivity contribution in [3.8, 4) is 0 Å². The van der Waals surface area contributed by atoms with Gasteiger partial charge in [0.1, 0.15) is 0 Å². The summed E-state index contributed by atoms with van der Waals surface area (Å²) in [6, 6.07) is 0. The van der Waals surface area contributed by atoms with E-state index in [1.165, 1.54) is 44.9 Å². The second kappa shape index (κ2) is 14.3. The van der Waals surface area contributed by atoms with Crippen molar-refractivity contribution in [3.63, 3.8) is 0 Å². The van der Waals surface area contributed by atoms with Gasteiger partial charge in [-0.25, -0.2) is 0 Å². The first-order valence-electron chi connectivity index (χ1n) is 9.74. The summed E-state index contributed by atoms with van der Waals surface area (Å²) in [5.41, 5.74) is 5.23. The topological polar surface area (TPSA) is 72.2 Å². The van der Waals surface area contributed by atoms with Crippen LogP contribution in [0.25, 0.3) is 0 Å². The van der Waals surface area contributed by atoms with Gasteiger partial charge >= 0.3 is 0 Å². The normalized spacial score (nSPS) is 11.5. The van der Waals surface area contributed by atoms with Gasteiger partial charge < -0.3 is 15.5 Å². The molecule has 0 radical (unpaired) electrons. The van der Waals surface area contributed by atoms with Crippen LogP contribution in [0.3, 0.4) is 0 Å². The molecular weight excluding hydrogens is 302 g/mol. The molecule has 0 heterocycles. The van der Waals surface area contributed by atoms with E-state index < -0.39 is 0 Å². The van der Waals surface area contributed by atoms with E-state index in [0.29, 0.717) is 24.0 Å². The van der Waals surface area contributed by atoms with Crippen LogP contribution in [0.5, 0.6) is 0 Å². The molecule has 0 aromatic rings. The number of likely N-dealkylation sites (N-methyl/N-ethyl adjacent to an activating group) is 1. The van der Waals surface area contributed by atoms with E-state index in [0.717, 1.165) is 25.8 Å². The molecule has 0 bridgehead atoms. The van der Waals surface area contributed by atoms with E-state index in [1.54, 1.807) is 0 Å². The Labute approximate surface area is 148 Å². The third-order valence-corrected chi connectivity index (χ3v) is 4.35. The molecule has 5 nitrogen and oxygen atoms in total. The van der Waals surface area contributed by atoms with Crippen LogP contribution in [0.4, 0.5) is 0 Å². The lowest BCUT2D eigenvalue weighted by Gasteiger charge is -2.28. The Morgan fingerprint density at radius 1 is 0.875 bits per heavy atom. The van der Waals surface area contributed by atoms with Crippen LogP contribution in [-0.4, -0.2) is 50.0 Å². The largest absolute Gasteiger partial charge is 0.365 e. The quantitative estimate of drug-likeness (QED) is 0.334. The number of carbonyl (C=O) groups excluding carboxylic acids is 2. The summed E-state index contributed by atoms with van der Waals surface area (Å²) in [6.07, 6.45) is 12.9. The highest BCUT2D eigenvalue weighted by molar-refractivity contribution is 5.75. The van der Waals surface area contributed by atoms with Gasteiger partial charge in [0.05, 0.1) is 20.6 Å². The fraction of sp³-hybridized carbons (Fsp3) is 0.895. The molecule has 0 aromatic carbocycles. The van der Waals surface area contributed by atoms with Crippen molar-refractivity contribution in [1.29, 1.82) is 0 Å². The smallest absolute Gasteiger partial charge is 0.272 e. The Balaban J connectivity index is 3.43. The van der Waals surface area contributed by atoms with Crippen molar-refractivity contribution >= 4 is 11.8 Å². The number of quaternary nitrogens is 1. The van der Waals surface area contributed by atoms with Crippen LogP contribution < -0.4 is 11.1 Å². The van der Waals surface area contributed by atoms with Gasteiger partial charge in [-0.3, -0.25) is 9.59 Å². The van der Waals surface area contributed by atoms with Gasteiger partial charge in [0.15, 0.2) is 6.54 Å². The number of carbonyl (C=O) groups is 2. The number of nitrogens with zero attached hydrogens (tertiary/aromatic N) is 1. The summed E-state index contributed by atoms with van der Waals surface area (Å²) in [7, 11) is 3.96. The van der Waals surface area contributed by atoms with Crippen LogP contribution in [0.15, 0.2) is 0 Å². The van der Waals surface area contributed by atoms with E-state index in [4.69, 9.17) is 5.73 Å². The predicted octanol–water partition coefficient (Wildman–Crippen LogP) is 2.98. The highest BCUT2D eigenvalue weighted by Crippen LogP contribution is 2.10. The zero-order chi connectivity index (χ0) is 18.3. The molecule has 142 valence electrons. The Hall–Kier alpha value is -1.10. The van der Waals surface area contributed by atoms with Crippen molar-refractivity contribution in [2.75, 3.05) is 33.7 Å². The molecule has 0 aliphatic rings. The Morgan fingerprint density at radius 3 is 1.96 bits per heavy atom. The Morgan fingerprint density at radius 2 is 1.42 bits per heavy atom. The third kappa shape index (κ3) is 15.8. The number of amides is 2. The first-order valence-corrected chi connectivity index (χ1v) is 9.74. The van der Waals surface area contributed by atoms with Crippen molar-refractivity contribution < 1.29 is 14.1 Å². The molecule has 5 heteroatoms. The van der Waals surface area contributed by atoms with Crippen molar-refractivity contribution in [2.24, 2.45) is 5.73 Å². The molecule has 0 saturated heterocycles. The van der Waals surface area contributed by atoms with Gasteiger partial charge in [0, 0.05) is 19.4 Å². The zero-order valence-corrected chi connectivity index (χ0v) is 16.2. The molecule has 0 spiro atoms. The summed E-state index contributed by atoms with van der Waals surface area (Å²) < 4.78 is 0.573. The number of hydrogen-bond donors (Lipinski definition) is 2. The summed E-state index contributed by atoms with van der Waals surface area (Å²) in [5, 5.41) is 2.97. The SMILES string of the molecule is CCCCCCCCCCCC(=O)NCCC[N+](C)(C)CC(N)=O. The van der Waals surface area contributed by atoms with Gasteiger partial charge in [-0.15, -0.1) is 0 Å². The maximum atomic E-state index is 11.8. The number of nitrogens with one attached hydrogen (secondary N) is 1. The van der Waals surface area contributed by atoms with Gasteiger partial charge in [0.25, 0.3) is 5.91 Å². The number of nitrogens with two attached hydrogens (primary N) is 1. The summed E-state index contributed by atoms with van der Waals surface area (Å²) in [6.45, 7) is 4.09. The molecule has 0 rings (SSSR count). The van der Waals surface area contributed by atoms with Crippen LogP contribution in [0, 0.1) is 0 Å². The molecule has 0 fully saturated rings. The minimum Gasteiger partial charge on any atom is -0.365 e. The second-order valence-corrected chi connectivity index (χ2v) is 7.57. The molecule has 0 aliphatic carbocycles. The number of rotatable bonds is 16. The molecule has 0 aliphatic heterocycles. The summed E-state index contributed by atoms with van der Waals surface area (Å²) in [5.74, 6) is -0.132. The molecule has 0 unspecified atom stereocenters. The van der Waals surface area contributed by atoms with Gasteiger partial charge in [-0.2, -0.15) is 0 Å². The maximum absolute atomic E-state index is 11.8. The fourth-order valence-electron chi connectivity index (χ4n) is 2.92. The lowest BCUT2D eigenvalue weighted by atomic mass is 10.1. The molecule has 0 saturated carbocycles. The van der Waals surface area contributed by atoms with Crippen LogP contribution in [0.1, 0.15) is 77.6 Å². The van der Waals surface area contributed by atoms with Crippen LogP contribution >= 0.6 is 0 Å². The van der Waals surface area contributed by atoms with E-state index >= 15 is 0 Å². The lowest BCUT2D eigenvalue weighted by Crippen LogP contribution is -2.47. The third-order valence-electron chi connectivity index (χ3n) is 4.35. The first kappa shape index (κ1) is 22.9. The highest BCUT2D eigenvalue weighted by atomic mass is 16.2. The monoisotopic (exact) mass is 342 g/mol. The van der Waals surface area contributed by atoms with Gasteiger partial charge in [0.2, 0.25) is 5.91 Å². The second-order valence-electron chi connectivity index (χ2n) is 7.57. The number of primary amides is 1. The average Bonchev–Trinajstić information content (AvgIpc) is 2.48. The van der Waals surface area contributed by atoms with Crippen molar-refractivity contribution in [3.05, 3.63) is 0 Å². The average molecular weight is 343 g/mol. The molecule has 2 amide bonds.